The lowest BCUT2D eigenvalue weighted by Crippen LogP contribution is -2.03. The summed E-state index contributed by atoms with van der Waals surface area (Å²) in [6.45, 7) is 0.549. The van der Waals surface area contributed by atoms with Gasteiger partial charge < -0.3 is 4.74 Å². The smallest absolute Gasteiger partial charge is 0.131 e. The molecule has 0 aromatic heterocycles. The average molecular weight is 438 g/mol. The summed E-state index contributed by atoms with van der Waals surface area (Å²) in [6, 6.07) is 5.96. The molecule has 0 spiro atoms. The van der Waals surface area contributed by atoms with Crippen LogP contribution in [0.1, 0.15) is 21.5 Å². The van der Waals surface area contributed by atoms with E-state index >= 15 is 0 Å². The third-order valence-corrected chi connectivity index (χ3v) is 4.97. The van der Waals surface area contributed by atoms with Gasteiger partial charge in [0.1, 0.15) is 17.4 Å². The topological polar surface area (TPSA) is 9.23 Å². The predicted molar refractivity (Wildman–Crippen MR) is 85.5 cm³/mol. The Labute approximate surface area is 142 Å². The van der Waals surface area contributed by atoms with Crippen LogP contribution in [0.4, 0.5) is 8.78 Å². The van der Waals surface area contributed by atoms with Gasteiger partial charge in [0.15, 0.2) is 0 Å². The highest BCUT2D eigenvalue weighted by Gasteiger charge is 2.27. The molecule has 1 nitrogen and oxygen atoms in total. The van der Waals surface area contributed by atoms with Crippen molar-refractivity contribution in [2.24, 2.45) is 0 Å². The highest BCUT2D eigenvalue weighted by molar-refractivity contribution is 9.10. The first-order valence-corrected chi connectivity index (χ1v) is 8.29. The van der Waals surface area contributed by atoms with Crippen molar-refractivity contribution < 1.29 is 13.5 Å². The molecule has 3 rings (SSSR count). The van der Waals surface area contributed by atoms with Gasteiger partial charge in [-0.2, -0.15) is 0 Å². The van der Waals surface area contributed by atoms with Gasteiger partial charge in [-0.25, -0.2) is 8.78 Å². The first kappa shape index (κ1) is 15.3. The summed E-state index contributed by atoms with van der Waals surface area (Å²) >= 11 is 12.5. The maximum Gasteiger partial charge on any atom is 0.131 e. The third kappa shape index (κ3) is 2.83. The van der Waals surface area contributed by atoms with E-state index in [1.54, 1.807) is 6.07 Å². The van der Waals surface area contributed by atoms with Crippen LogP contribution in [0.5, 0.6) is 5.75 Å². The molecule has 0 amide bonds. The largest absolute Gasteiger partial charge is 0.493 e. The quantitative estimate of drug-likeness (QED) is 0.539. The molecule has 0 radical (unpaired) electrons. The number of halogens is 5. The van der Waals surface area contributed by atoms with Crippen LogP contribution >= 0.6 is 43.5 Å². The second-order valence-electron chi connectivity index (χ2n) is 4.73. The lowest BCUT2D eigenvalue weighted by atomic mass is 10.00. The van der Waals surface area contributed by atoms with Crippen LogP contribution in [0.2, 0.25) is 5.02 Å². The van der Waals surface area contributed by atoms with E-state index in [9.17, 15) is 8.78 Å². The molecule has 1 atom stereocenters. The first-order chi connectivity index (χ1) is 9.97. The predicted octanol–water partition coefficient (Wildman–Crippen LogP) is 5.80. The summed E-state index contributed by atoms with van der Waals surface area (Å²) < 4.78 is 34.2. The van der Waals surface area contributed by atoms with Gasteiger partial charge in [0.25, 0.3) is 0 Å². The van der Waals surface area contributed by atoms with Gasteiger partial charge in [0.2, 0.25) is 0 Å². The molecule has 2 aromatic carbocycles. The molecular formula is C15H9Br2ClF2O. The van der Waals surface area contributed by atoms with Crippen LogP contribution in [-0.2, 0) is 6.42 Å². The molecule has 1 heterocycles. The monoisotopic (exact) mass is 436 g/mol. The fourth-order valence-corrected chi connectivity index (χ4v) is 3.87. The molecule has 0 bridgehead atoms. The maximum atomic E-state index is 14.1. The van der Waals surface area contributed by atoms with Gasteiger partial charge >= 0.3 is 0 Å². The summed E-state index contributed by atoms with van der Waals surface area (Å²) in [5.41, 5.74) is 1.54. The Morgan fingerprint density at radius 3 is 2.48 bits per heavy atom. The number of ether oxygens (including phenoxy) is 1. The van der Waals surface area contributed by atoms with E-state index in [4.69, 9.17) is 16.3 Å². The Bertz CT molecular complexity index is 698. The fourth-order valence-electron chi connectivity index (χ4n) is 2.44. The van der Waals surface area contributed by atoms with Gasteiger partial charge in [-0.1, -0.05) is 43.5 Å². The van der Waals surface area contributed by atoms with E-state index in [0.29, 0.717) is 27.4 Å². The molecule has 110 valence electrons. The summed E-state index contributed by atoms with van der Waals surface area (Å²) in [5.74, 6) is -0.603. The van der Waals surface area contributed by atoms with Crippen molar-refractivity contribution in [2.45, 2.75) is 11.2 Å². The van der Waals surface area contributed by atoms with Crippen molar-refractivity contribution in [3.05, 3.63) is 62.1 Å². The molecule has 0 saturated heterocycles. The van der Waals surface area contributed by atoms with Gasteiger partial charge in [0, 0.05) is 27.0 Å². The second-order valence-corrected chi connectivity index (χ2v) is 7.00. The number of alkyl halides is 1. The van der Waals surface area contributed by atoms with E-state index in [1.165, 1.54) is 12.1 Å². The van der Waals surface area contributed by atoms with Crippen molar-refractivity contribution in [1.82, 2.24) is 0 Å². The van der Waals surface area contributed by atoms with E-state index < -0.39 is 16.5 Å². The molecule has 0 N–H and O–H groups in total. The minimum absolute atomic E-state index is 0.0573. The molecular weight excluding hydrogens is 429 g/mol. The molecule has 0 saturated carbocycles. The van der Waals surface area contributed by atoms with E-state index in [0.717, 1.165) is 12.0 Å². The Balaban J connectivity index is 2.14. The lowest BCUT2D eigenvalue weighted by Gasteiger charge is -2.16. The molecule has 1 unspecified atom stereocenters. The number of rotatable bonds is 2. The zero-order chi connectivity index (χ0) is 15.1. The van der Waals surface area contributed by atoms with E-state index in [-0.39, 0.29) is 5.56 Å². The Kier molecular flexibility index (Phi) is 4.26. The zero-order valence-corrected chi connectivity index (χ0v) is 14.5. The van der Waals surface area contributed by atoms with Crippen LogP contribution < -0.4 is 4.74 Å². The fraction of sp³-hybridized carbons (Fsp3) is 0.200. The summed E-state index contributed by atoms with van der Waals surface area (Å²) in [6.07, 6.45) is 0.744. The number of hydrogen-bond acceptors (Lipinski definition) is 1. The highest BCUT2D eigenvalue weighted by Crippen LogP contribution is 2.44. The third-order valence-electron chi connectivity index (χ3n) is 3.35. The Morgan fingerprint density at radius 2 is 1.81 bits per heavy atom. The van der Waals surface area contributed by atoms with Crippen LogP contribution in [-0.4, -0.2) is 6.61 Å². The zero-order valence-electron chi connectivity index (χ0n) is 10.6. The normalized spacial score (nSPS) is 14.7. The SMILES string of the molecule is Fc1cc(Br)cc(F)c1C(Br)c1cc(Cl)cc2c1OCC2. The van der Waals surface area contributed by atoms with Crippen LogP contribution in [0.25, 0.3) is 0 Å². The van der Waals surface area contributed by atoms with E-state index in [1.807, 2.05) is 6.07 Å². The van der Waals surface area contributed by atoms with Crippen molar-refractivity contribution >= 4 is 43.5 Å². The Hall–Kier alpha value is -0.650. The van der Waals surface area contributed by atoms with E-state index in [2.05, 4.69) is 31.9 Å². The molecule has 0 aliphatic carbocycles. The highest BCUT2D eigenvalue weighted by atomic mass is 79.9. The Morgan fingerprint density at radius 1 is 1.14 bits per heavy atom. The van der Waals surface area contributed by atoms with Crippen LogP contribution in [0, 0.1) is 11.6 Å². The van der Waals surface area contributed by atoms with Gasteiger partial charge in [-0.05, 0) is 29.8 Å². The van der Waals surface area contributed by atoms with Crippen molar-refractivity contribution in [3.8, 4) is 5.75 Å². The van der Waals surface area contributed by atoms with Gasteiger partial charge in [-0.3, -0.25) is 0 Å². The molecule has 0 fully saturated rings. The standard InChI is InChI=1S/C15H9Br2ClF2O/c16-8-4-11(19)13(12(20)5-8)14(17)10-6-9(18)3-7-1-2-21-15(7)10/h3-6,14H,1-2H2. The minimum atomic E-state index is -0.670. The number of benzene rings is 2. The van der Waals surface area contributed by atoms with Gasteiger partial charge in [-0.15, -0.1) is 0 Å². The molecule has 1 aliphatic rings. The van der Waals surface area contributed by atoms with Crippen molar-refractivity contribution in [2.75, 3.05) is 6.61 Å². The minimum Gasteiger partial charge on any atom is -0.493 e. The molecule has 21 heavy (non-hydrogen) atoms. The van der Waals surface area contributed by atoms with Crippen molar-refractivity contribution in [1.29, 1.82) is 0 Å². The molecule has 1 aliphatic heterocycles. The van der Waals surface area contributed by atoms with Crippen molar-refractivity contribution in [3.63, 3.8) is 0 Å². The van der Waals surface area contributed by atoms with Gasteiger partial charge in [0.05, 0.1) is 11.4 Å². The maximum absolute atomic E-state index is 14.1. The lowest BCUT2D eigenvalue weighted by molar-refractivity contribution is 0.353. The average Bonchev–Trinajstić information content (AvgIpc) is 2.84. The second kappa shape index (κ2) is 5.86. The first-order valence-electron chi connectivity index (χ1n) is 6.21. The molecule has 6 heteroatoms. The molecule has 2 aromatic rings. The number of fused-ring (bicyclic) bond motifs is 1. The van der Waals surface area contributed by atoms with Crippen LogP contribution in [0.3, 0.4) is 0 Å². The summed E-state index contributed by atoms with van der Waals surface area (Å²) in [4.78, 5) is -0.670. The van der Waals surface area contributed by atoms with Crippen LogP contribution in [0.15, 0.2) is 28.7 Å². The number of hydrogen-bond donors (Lipinski definition) is 0. The summed E-state index contributed by atoms with van der Waals surface area (Å²) in [5, 5.41) is 0.525. The summed E-state index contributed by atoms with van der Waals surface area (Å²) in [7, 11) is 0.